The third-order valence-electron chi connectivity index (χ3n) is 4.14. The van der Waals surface area contributed by atoms with Crippen molar-refractivity contribution in [2.45, 2.75) is 43.6 Å². The van der Waals surface area contributed by atoms with Gasteiger partial charge in [-0.3, -0.25) is 4.79 Å². The Balaban J connectivity index is 2.50. The summed E-state index contributed by atoms with van der Waals surface area (Å²) < 4.78 is 0. The average molecular weight is 234 g/mol. The Kier molecular flexibility index (Phi) is 2.96. The van der Waals surface area contributed by atoms with Gasteiger partial charge in [0.15, 0.2) is 0 Å². The maximum atomic E-state index is 11.7. The number of carbonyl (C=O) groups is 1. The zero-order chi connectivity index (χ0) is 12.5. The second-order valence-corrected chi connectivity index (χ2v) is 5.03. The van der Waals surface area contributed by atoms with Crippen LogP contribution < -0.4 is 0 Å². The van der Waals surface area contributed by atoms with E-state index in [4.69, 9.17) is 0 Å². The van der Waals surface area contributed by atoms with Crippen molar-refractivity contribution in [1.82, 2.24) is 0 Å². The van der Waals surface area contributed by atoms with Gasteiger partial charge in [0.05, 0.1) is 5.60 Å². The van der Waals surface area contributed by atoms with Crippen LogP contribution in [0.5, 0.6) is 0 Å². The Bertz CT molecular complexity index is 407. The third-order valence-corrected chi connectivity index (χ3v) is 4.14. The number of aliphatic carboxylic acids is 1. The van der Waals surface area contributed by atoms with Crippen molar-refractivity contribution in [2.75, 3.05) is 0 Å². The predicted molar refractivity (Wildman–Crippen MR) is 64.8 cm³/mol. The van der Waals surface area contributed by atoms with Crippen LogP contribution in [0, 0.1) is 0 Å². The summed E-state index contributed by atoms with van der Waals surface area (Å²) in [6, 6.07) is 9.04. The lowest BCUT2D eigenvalue weighted by Gasteiger charge is -2.39. The van der Waals surface area contributed by atoms with Crippen LogP contribution >= 0.6 is 0 Å². The van der Waals surface area contributed by atoms with Gasteiger partial charge in [0.2, 0.25) is 0 Å². The highest BCUT2D eigenvalue weighted by molar-refractivity contribution is 5.82. The monoisotopic (exact) mass is 234 g/mol. The molecule has 1 aromatic rings. The molecule has 0 aromatic heterocycles. The fraction of sp³-hybridized carbons (Fsp3) is 0.500. The molecule has 1 aliphatic carbocycles. The molecule has 1 aliphatic rings. The summed E-state index contributed by atoms with van der Waals surface area (Å²) in [7, 11) is 0. The van der Waals surface area contributed by atoms with E-state index in [0.717, 1.165) is 12.8 Å². The van der Waals surface area contributed by atoms with Gasteiger partial charge in [0.1, 0.15) is 5.41 Å². The first-order valence-electron chi connectivity index (χ1n) is 6.02. The second kappa shape index (κ2) is 4.15. The minimum Gasteiger partial charge on any atom is -0.481 e. The van der Waals surface area contributed by atoms with Gasteiger partial charge in [-0.05, 0) is 25.3 Å². The van der Waals surface area contributed by atoms with Gasteiger partial charge in [0.25, 0.3) is 0 Å². The minimum absolute atomic E-state index is 0.560. The van der Waals surface area contributed by atoms with E-state index in [1.807, 2.05) is 18.2 Å². The van der Waals surface area contributed by atoms with E-state index >= 15 is 0 Å². The van der Waals surface area contributed by atoms with Gasteiger partial charge >= 0.3 is 5.97 Å². The smallest absolute Gasteiger partial charge is 0.316 e. The van der Waals surface area contributed by atoms with Crippen LogP contribution in [-0.4, -0.2) is 21.8 Å². The summed E-state index contributed by atoms with van der Waals surface area (Å²) in [6.45, 7) is 1.63. The normalized spacial score (nSPS) is 22.0. The SMILES string of the molecule is C[C@](C(=O)O)(c1ccccc1)C1(O)CCCC1. The number of benzene rings is 1. The summed E-state index contributed by atoms with van der Waals surface area (Å²) in [5, 5.41) is 20.2. The molecule has 0 heterocycles. The molecule has 0 saturated heterocycles. The number of aliphatic hydroxyl groups is 1. The standard InChI is InChI=1S/C14H18O3/c1-13(12(15)16,11-7-3-2-4-8-11)14(17)9-5-6-10-14/h2-4,7-8,17H,5-6,9-10H2,1H3,(H,15,16)/t13-/m1/s1. The number of rotatable bonds is 3. The number of hydrogen-bond donors (Lipinski definition) is 2. The van der Waals surface area contributed by atoms with Gasteiger partial charge in [-0.1, -0.05) is 43.2 Å². The third kappa shape index (κ3) is 1.75. The fourth-order valence-electron chi connectivity index (χ4n) is 2.82. The quantitative estimate of drug-likeness (QED) is 0.844. The second-order valence-electron chi connectivity index (χ2n) is 5.03. The molecule has 1 fully saturated rings. The molecule has 3 nitrogen and oxygen atoms in total. The zero-order valence-electron chi connectivity index (χ0n) is 10.0. The molecule has 0 radical (unpaired) electrons. The Morgan fingerprint density at radius 1 is 1.24 bits per heavy atom. The summed E-state index contributed by atoms with van der Waals surface area (Å²) >= 11 is 0. The molecule has 2 rings (SSSR count). The van der Waals surface area contributed by atoms with E-state index in [1.54, 1.807) is 19.1 Å². The molecule has 17 heavy (non-hydrogen) atoms. The molecule has 1 saturated carbocycles. The molecule has 0 aliphatic heterocycles. The average Bonchev–Trinajstić information content (AvgIpc) is 2.77. The highest BCUT2D eigenvalue weighted by Crippen LogP contribution is 2.45. The molecule has 1 aromatic carbocycles. The Labute approximate surface area is 101 Å². The lowest BCUT2D eigenvalue weighted by Crippen LogP contribution is -2.53. The minimum atomic E-state index is -1.22. The van der Waals surface area contributed by atoms with E-state index in [1.165, 1.54) is 0 Å². The number of carboxylic acid groups (broad SMARTS) is 1. The Morgan fingerprint density at radius 2 is 1.76 bits per heavy atom. The van der Waals surface area contributed by atoms with Crippen LogP contribution in [0.15, 0.2) is 30.3 Å². The molecule has 0 unspecified atom stereocenters. The van der Waals surface area contributed by atoms with Crippen molar-refractivity contribution in [3.63, 3.8) is 0 Å². The molecular weight excluding hydrogens is 216 g/mol. The van der Waals surface area contributed by atoms with E-state index in [-0.39, 0.29) is 0 Å². The molecule has 3 heteroatoms. The Hall–Kier alpha value is -1.35. The highest BCUT2D eigenvalue weighted by atomic mass is 16.4. The van der Waals surface area contributed by atoms with Crippen molar-refractivity contribution < 1.29 is 15.0 Å². The summed E-state index contributed by atoms with van der Waals surface area (Å²) in [5.41, 5.74) is -1.66. The maximum absolute atomic E-state index is 11.7. The van der Waals surface area contributed by atoms with Gasteiger partial charge in [-0.15, -0.1) is 0 Å². The van der Waals surface area contributed by atoms with Crippen LogP contribution in [-0.2, 0) is 10.2 Å². The van der Waals surface area contributed by atoms with Crippen LogP contribution in [0.25, 0.3) is 0 Å². The lowest BCUT2D eigenvalue weighted by molar-refractivity contribution is -0.155. The summed E-state index contributed by atoms with van der Waals surface area (Å²) in [5.74, 6) is -0.951. The Morgan fingerprint density at radius 3 is 2.24 bits per heavy atom. The van der Waals surface area contributed by atoms with Crippen LogP contribution in [0.2, 0.25) is 0 Å². The molecular formula is C14H18O3. The summed E-state index contributed by atoms with van der Waals surface area (Å²) in [4.78, 5) is 11.7. The van der Waals surface area contributed by atoms with Crippen molar-refractivity contribution in [2.24, 2.45) is 0 Å². The molecule has 0 spiro atoms. The first kappa shape index (κ1) is 12.1. The molecule has 0 amide bonds. The topological polar surface area (TPSA) is 57.5 Å². The molecule has 1 atom stereocenters. The molecule has 0 bridgehead atoms. The number of carboxylic acids is 1. The fourth-order valence-corrected chi connectivity index (χ4v) is 2.82. The first-order valence-corrected chi connectivity index (χ1v) is 6.02. The molecule has 92 valence electrons. The van der Waals surface area contributed by atoms with Gasteiger partial charge in [-0.2, -0.15) is 0 Å². The molecule has 2 N–H and O–H groups in total. The predicted octanol–water partition coefficient (Wildman–Crippen LogP) is 2.33. The van der Waals surface area contributed by atoms with Gasteiger partial charge in [-0.25, -0.2) is 0 Å². The van der Waals surface area contributed by atoms with E-state index in [2.05, 4.69) is 0 Å². The van der Waals surface area contributed by atoms with Crippen LogP contribution in [0.3, 0.4) is 0 Å². The maximum Gasteiger partial charge on any atom is 0.316 e. The lowest BCUT2D eigenvalue weighted by atomic mass is 9.67. The van der Waals surface area contributed by atoms with E-state index in [9.17, 15) is 15.0 Å². The summed E-state index contributed by atoms with van der Waals surface area (Å²) in [6.07, 6.45) is 2.91. The van der Waals surface area contributed by atoms with Gasteiger partial charge < -0.3 is 10.2 Å². The van der Waals surface area contributed by atoms with Gasteiger partial charge in [0, 0.05) is 0 Å². The van der Waals surface area contributed by atoms with E-state index < -0.39 is 17.0 Å². The van der Waals surface area contributed by atoms with Crippen molar-refractivity contribution >= 4 is 5.97 Å². The first-order chi connectivity index (χ1) is 8.01. The number of hydrogen-bond acceptors (Lipinski definition) is 2. The van der Waals surface area contributed by atoms with Crippen LogP contribution in [0.4, 0.5) is 0 Å². The zero-order valence-corrected chi connectivity index (χ0v) is 10.0. The van der Waals surface area contributed by atoms with Crippen molar-refractivity contribution in [1.29, 1.82) is 0 Å². The van der Waals surface area contributed by atoms with Crippen LogP contribution in [0.1, 0.15) is 38.2 Å². The highest BCUT2D eigenvalue weighted by Gasteiger charge is 2.54. The van der Waals surface area contributed by atoms with Crippen molar-refractivity contribution in [3.8, 4) is 0 Å². The van der Waals surface area contributed by atoms with E-state index in [0.29, 0.717) is 18.4 Å². The van der Waals surface area contributed by atoms with Crippen molar-refractivity contribution in [3.05, 3.63) is 35.9 Å². The largest absolute Gasteiger partial charge is 0.481 e.